The number of rotatable bonds is 5. The Bertz CT molecular complexity index is 635. The number of amides is 1. The minimum absolute atomic E-state index is 0.189. The minimum atomic E-state index is -0.509. The minimum Gasteiger partial charge on any atom is -0.443 e. The summed E-state index contributed by atoms with van der Waals surface area (Å²) in [5.41, 5.74) is 0.672. The number of anilines is 1. The zero-order valence-electron chi connectivity index (χ0n) is 17.4. The van der Waals surface area contributed by atoms with Crippen LogP contribution in [0.4, 0.5) is 10.6 Å². The lowest BCUT2D eigenvalue weighted by atomic mass is 10.0. The summed E-state index contributed by atoms with van der Waals surface area (Å²) in [4.78, 5) is 22.3. The fraction of sp³-hybridized carbons (Fsp3) is 0.727. The molecule has 0 N–H and O–H groups in total. The number of pyridine rings is 1. The Morgan fingerprint density at radius 3 is 2.67 bits per heavy atom. The summed E-state index contributed by atoms with van der Waals surface area (Å²) in [7, 11) is 0. The molecule has 3 rings (SSSR count). The summed E-state index contributed by atoms with van der Waals surface area (Å²) in [5.74, 6) is 0.812. The van der Waals surface area contributed by atoms with E-state index in [1.807, 2.05) is 37.9 Å². The van der Waals surface area contributed by atoms with Gasteiger partial charge in [0.05, 0.1) is 0 Å². The van der Waals surface area contributed by atoms with Gasteiger partial charge in [0.1, 0.15) is 11.4 Å². The normalized spacial score (nSPS) is 21.6. The van der Waals surface area contributed by atoms with Crippen LogP contribution >= 0.6 is 0 Å². The van der Waals surface area contributed by atoms with E-state index in [1.54, 1.807) is 0 Å². The third-order valence-corrected chi connectivity index (χ3v) is 5.56. The maximum absolute atomic E-state index is 13.2. The number of carbonyl (C=O) groups is 1. The SMILES string of the molecule is CCCN1CCC[C@H]1c1cccnc1N(C(=O)OC(C)(C)C)C1CCCC1. The lowest BCUT2D eigenvalue weighted by molar-refractivity contribution is 0.0564. The van der Waals surface area contributed by atoms with E-state index in [0.29, 0.717) is 6.04 Å². The van der Waals surface area contributed by atoms with Gasteiger partial charge >= 0.3 is 6.09 Å². The molecule has 2 heterocycles. The van der Waals surface area contributed by atoms with Crippen molar-refractivity contribution in [2.45, 2.75) is 90.3 Å². The van der Waals surface area contributed by atoms with Gasteiger partial charge in [-0.15, -0.1) is 0 Å². The predicted octanol–water partition coefficient (Wildman–Crippen LogP) is 5.31. The van der Waals surface area contributed by atoms with Crippen LogP contribution in [0.1, 0.15) is 84.2 Å². The molecule has 1 aromatic heterocycles. The van der Waals surface area contributed by atoms with Crippen LogP contribution in [-0.4, -0.2) is 40.7 Å². The number of likely N-dealkylation sites (tertiary alicyclic amines) is 1. The Morgan fingerprint density at radius 1 is 1.26 bits per heavy atom. The number of hydrogen-bond donors (Lipinski definition) is 0. The smallest absolute Gasteiger partial charge is 0.416 e. The molecule has 1 atom stereocenters. The number of ether oxygens (including phenoxy) is 1. The molecule has 2 aliphatic rings. The van der Waals surface area contributed by atoms with E-state index in [4.69, 9.17) is 9.72 Å². The molecule has 0 bridgehead atoms. The van der Waals surface area contributed by atoms with Crippen molar-refractivity contribution in [3.05, 3.63) is 23.9 Å². The Kier molecular flexibility index (Phi) is 6.40. The van der Waals surface area contributed by atoms with Crippen LogP contribution in [0, 0.1) is 0 Å². The topological polar surface area (TPSA) is 45.7 Å². The molecule has 0 radical (unpaired) electrons. The first-order chi connectivity index (χ1) is 12.9. The average molecular weight is 374 g/mol. The third-order valence-electron chi connectivity index (χ3n) is 5.56. The highest BCUT2D eigenvalue weighted by molar-refractivity contribution is 5.88. The van der Waals surface area contributed by atoms with Crippen LogP contribution in [0.5, 0.6) is 0 Å². The van der Waals surface area contributed by atoms with Gasteiger partial charge in [-0.05, 0) is 72.0 Å². The largest absolute Gasteiger partial charge is 0.443 e. The van der Waals surface area contributed by atoms with Gasteiger partial charge in [0.2, 0.25) is 0 Å². The van der Waals surface area contributed by atoms with Gasteiger partial charge in [0.25, 0.3) is 0 Å². The third kappa shape index (κ3) is 4.81. The van der Waals surface area contributed by atoms with Gasteiger partial charge in [0, 0.05) is 23.8 Å². The monoisotopic (exact) mass is 373 g/mol. The molecule has 1 aromatic rings. The molecule has 1 aliphatic heterocycles. The highest BCUT2D eigenvalue weighted by atomic mass is 16.6. The molecule has 150 valence electrons. The van der Waals surface area contributed by atoms with Crippen molar-refractivity contribution in [3.8, 4) is 0 Å². The van der Waals surface area contributed by atoms with E-state index in [-0.39, 0.29) is 12.1 Å². The van der Waals surface area contributed by atoms with Gasteiger partial charge in [-0.25, -0.2) is 9.78 Å². The molecule has 1 saturated carbocycles. The number of hydrogen-bond acceptors (Lipinski definition) is 4. The molecular weight excluding hydrogens is 338 g/mol. The van der Waals surface area contributed by atoms with E-state index in [1.165, 1.54) is 12.0 Å². The molecule has 1 amide bonds. The van der Waals surface area contributed by atoms with E-state index >= 15 is 0 Å². The van der Waals surface area contributed by atoms with Gasteiger partial charge in [-0.3, -0.25) is 9.80 Å². The molecular formula is C22H35N3O2. The van der Waals surface area contributed by atoms with Crippen LogP contribution in [0.2, 0.25) is 0 Å². The maximum Gasteiger partial charge on any atom is 0.416 e. The summed E-state index contributed by atoms with van der Waals surface area (Å²) in [6.45, 7) is 10.2. The van der Waals surface area contributed by atoms with Gasteiger partial charge in [-0.1, -0.05) is 25.8 Å². The Labute approximate surface area is 164 Å². The second-order valence-electron chi connectivity index (χ2n) is 8.90. The van der Waals surface area contributed by atoms with Crippen LogP contribution in [-0.2, 0) is 4.74 Å². The predicted molar refractivity (Wildman–Crippen MR) is 109 cm³/mol. The van der Waals surface area contributed by atoms with Crippen molar-refractivity contribution < 1.29 is 9.53 Å². The fourth-order valence-corrected chi connectivity index (χ4v) is 4.49. The Hall–Kier alpha value is -1.62. The summed E-state index contributed by atoms with van der Waals surface area (Å²) < 4.78 is 5.79. The van der Waals surface area contributed by atoms with Crippen molar-refractivity contribution in [2.75, 3.05) is 18.0 Å². The number of nitrogens with zero attached hydrogens (tertiary/aromatic N) is 3. The van der Waals surface area contributed by atoms with Crippen LogP contribution in [0.25, 0.3) is 0 Å². The van der Waals surface area contributed by atoms with Crippen LogP contribution < -0.4 is 4.90 Å². The molecule has 0 unspecified atom stereocenters. The van der Waals surface area contributed by atoms with Crippen LogP contribution in [0.3, 0.4) is 0 Å². The standard InChI is InChI=1S/C22H35N3O2/c1-5-15-24-16-9-13-19(24)18-12-8-14-23-20(18)25(17-10-6-7-11-17)21(26)27-22(2,3)4/h8,12,14,17,19H,5-7,9-11,13,15-16H2,1-4H3/t19-/m0/s1. The Balaban J connectivity index is 1.96. The lowest BCUT2D eigenvalue weighted by Crippen LogP contribution is -2.44. The molecule has 1 saturated heterocycles. The highest BCUT2D eigenvalue weighted by Gasteiger charge is 2.36. The second-order valence-corrected chi connectivity index (χ2v) is 8.90. The average Bonchev–Trinajstić information content (AvgIpc) is 3.26. The molecule has 2 fully saturated rings. The molecule has 1 aliphatic carbocycles. The zero-order chi connectivity index (χ0) is 19.4. The quantitative estimate of drug-likeness (QED) is 0.701. The molecule has 0 aromatic carbocycles. The van der Waals surface area contributed by atoms with Gasteiger partial charge < -0.3 is 4.74 Å². The first-order valence-corrected chi connectivity index (χ1v) is 10.6. The summed E-state index contributed by atoms with van der Waals surface area (Å²) in [6, 6.07) is 4.70. The van der Waals surface area contributed by atoms with Crippen molar-refractivity contribution in [2.24, 2.45) is 0 Å². The van der Waals surface area contributed by atoms with Crippen molar-refractivity contribution in [3.63, 3.8) is 0 Å². The van der Waals surface area contributed by atoms with Crippen molar-refractivity contribution in [1.29, 1.82) is 0 Å². The van der Waals surface area contributed by atoms with E-state index < -0.39 is 5.60 Å². The molecule has 5 heteroatoms. The maximum atomic E-state index is 13.2. The first-order valence-electron chi connectivity index (χ1n) is 10.6. The Morgan fingerprint density at radius 2 is 2.00 bits per heavy atom. The summed E-state index contributed by atoms with van der Waals surface area (Å²) in [6.07, 6.45) is 9.41. The first kappa shape index (κ1) is 20.1. The van der Waals surface area contributed by atoms with Crippen LogP contribution in [0.15, 0.2) is 18.3 Å². The van der Waals surface area contributed by atoms with Crippen molar-refractivity contribution >= 4 is 11.9 Å². The molecule has 5 nitrogen and oxygen atoms in total. The van der Waals surface area contributed by atoms with E-state index in [0.717, 1.165) is 57.4 Å². The lowest BCUT2D eigenvalue weighted by Gasteiger charge is -2.34. The second kappa shape index (κ2) is 8.59. The number of carbonyl (C=O) groups excluding carboxylic acids is 1. The van der Waals surface area contributed by atoms with Gasteiger partial charge in [-0.2, -0.15) is 0 Å². The van der Waals surface area contributed by atoms with E-state index in [9.17, 15) is 4.79 Å². The number of aromatic nitrogens is 1. The van der Waals surface area contributed by atoms with E-state index in [2.05, 4.69) is 17.9 Å². The summed E-state index contributed by atoms with van der Waals surface area (Å²) in [5, 5.41) is 0. The zero-order valence-corrected chi connectivity index (χ0v) is 17.4. The molecule has 27 heavy (non-hydrogen) atoms. The summed E-state index contributed by atoms with van der Waals surface area (Å²) >= 11 is 0. The highest BCUT2D eigenvalue weighted by Crippen LogP contribution is 2.39. The van der Waals surface area contributed by atoms with Crippen molar-refractivity contribution in [1.82, 2.24) is 9.88 Å². The fourth-order valence-electron chi connectivity index (χ4n) is 4.49. The molecule has 0 spiro atoms. The van der Waals surface area contributed by atoms with Gasteiger partial charge in [0.15, 0.2) is 0 Å².